The van der Waals surface area contributed by atoms with Crippen LogP contribution in [0, 0.1) is 15.0 Å². The quantitative estimate of drug-likeness (QED) is 0.242. The van der Waals surface area contributed by atoms with Crippen molar-refractivity contribution < 1.29 is 14.5 Å². The highest BCUT2D eigenvalue weighted by atomic mass is 16.6. The van der Waals surface area contributed by atoms with Crippen molar-refractivity contribution in [3.63, 3.8) is 0 Å². The number of hydrogen-bond donors (Lipinski definition) is 4. The number of nitroso groups, excluding NO2 is 1. The Balaban J connectivity index is 1.59. The van der Waals surface area contributed by atoms with Crippen LogP contribution in [0.3, 0.4) is 0 Å². The van der Waals surface area contributed by atoms with Gasteiger partial charge in [0.25, 0.3) is 5.69 Å². The first kappa shape index (κ1) is 20.9. The van der Waals surface area contributed by atoms with Gasteiger partial charge in [0.05, 0.1) is 4.92 Å². The van der Waals surface area contributed by atoms with Crippen molar-refractivity contribution in [1.82, 2.24) is 0 Å². The Hall–Kier alpha value is -4.80. The number of carbonyl (C=O) groups excluding carboxylic acids is 2. The molecule has 0 bridgehead atoms. The summed E-state index contributed by atoms with van der Waals surface area (Å²) in [5.74, 6) is 0. The van der Waals surface area contributed by atoms with Gasteiger partial charge in [-0.3, -0.25) is 10.1 Å². The number of nitro benzene ring substituents is 1. The molecule has 0 radical (unpaired) electrons. The van der Waals surface area contributed by atoms with Gasteiger partial charge in [-0.1, -0.05) is 18.2 Å². The largest absolute Gasteiger partial charge is 0.323 e. The van der Waals surface area contributed by atoms with Crippen LogP contribution in [-0.4, -0.2) is 17.0 Å². The fourth-order valence-electron chi connectivity index (χ4n) is 2.60. The molecule has 3 rings (SSSR count). The van der Waals surface area contributed by atoms with Gasteiger partial charge < -0.3 is 21.3 Å². The van der Waals surface area contributed by atoms with E-state index in [1.807, 2.05) is 0 Å². The van der Waals surface area contributed by atoms with E-state index < -0.39 is 17.0 Å². The molecule has 3 aromatic rings. The first-order chi connectivity index (χ1) is 14.9. The van der Waals surface area contributed by atoms with E-state index in [1.165, 1.54) is 42.5 Å². The van der Waals surface area contributed by atoms with E-state index in [1.54, 1.807) is 30.3 Å². The number of benzene rings is 3. The SMILES string of the molecule is O=Nc1cccc(NC(=O)Nc2cccc(NC(=O)Nc3cccc([N+](=O)[O-])c3)c2)c1. The third-order valence-electron chi connectivity index (χ3n) is 3.90. The molecule has 0 saturated heterocycles. The molecule has 11 heteroatoms. The summed E-state index contributed by atoms with van der Waals surface area (Å²) >= 11 is 0. The predicted octanol–water partition coefficient (Wildman–Crippen LogP) is 5.28. The molecule has 0 aliphatic carbocycles. The first-order valence-electron chi connectivity index (χ1n) is 8.87. The highest BCUT2D eigenvalue weighted by Gasteiger charge is 2.09. The molecular weight excluding hydrogens is 404 g/mol. The van der Waals surface area contributed by atoms with Gasteiger partial charge in [0.2, 0.25) is 0 Å². The monoisotopic (exact) mass is 420 g/mol. The zero-order valence-electron chi connectivity index (χ0n) is 15.9. The van der Waals surface area contributed by atoms with Crippen molar-refractivity contribution in [2.75, 3.05) is 21.3 Å². The summed E-state index contributed by atoms with van der Waals surface area (Å²) in [6.07, 6.45) is 0. The van der Waals surface area contributed by atoms with Crippen LogP contribution in [0.1, 0.15) is 0 Å². The topological polar surface area (TPSA) is 155 Å². The molecule has 0 aromatic heterocycles. The van der Waals surface area contributed by atoms with Gasteiger partial charge in [-0.15, -0.1) is 4.91 Å². The summed E-state index contributed by atoms with van der Waals surface area (Å²) in [6.45, 7) is 0. The smallest absolute Gasteiger partial charge is 0.308 e. The standard InChI is InChI=1S/C20H16N6O5/c27-19(23-15-6-2-8-17(11-15)25-29)21-13-4-1-5-14(10-13)22-20(28)24-16-7-3-9-18(12-16)26(30)31/h1-12H,(H2,21,23,27)(H2,22,24,28). The molecule has 0 aliphatic heterocycles. The van der Waals surface area contributed by atoms with Crippen molar-refractivity contribution in [2.24, 2.45) is 5.18 Å². The van der Waals surface area contributed by atoms with Gasteiger partial charge in [0, 0.05) is 34.9 Å². The van der Waals surface area contributed by atoms with E-state index in [9.17, 15) is 24.6 Å². The van der Waals surface area contributed by atoms with Crippen molar-refractivity contribution in [3.05, 3.63) is 87.8 Å². The van der Waals surface area contributed by atoms with Crippen LogP contribution in [0.2, 0.25) is 0 Å². The summed E-state index contributed by atoms with van der Waals surface area (Å²) in [5, 5.41) is 23.9. The number of non-ortho nitro benzene ring substituents is 1. The van der Waals surface area contributed by atoms with Gasteiger partial charge >= 0.3 is 12.1 Å². The Kier molecular flexibility index (Phi) is 6.48. The van der Waals surface area contributed by atoms with E-state index in [0.29, 0.717) is 17.1 Å². The van der Waals surface area contributed by atoms with E-state index in [0.717, 1.165) is 0 Å². The number of nitrogens with zero attached hydrogens (tertiary/aromatic N) is 2. The van der Waals surface area contributed by atoms with Crippen LogP contribution < -0.4 is 21.3 Å². The number of nitro groups is 1. The van der Waals surface area contributed by atoms with Gasteiger partial charge in [0.1, 0.15) is 5.69 Å². The molecule has 0 fully saturated rings. The lowest BCUT2D eigenvalue weighted by Crippen LogP contribution is -2.21. The molecule has 11 nitrogen and oxygen atoms in total. The van der Waals surface area contributed by atoms with Crippen LogP contribution >= 0.6 is 0 Å². The number of carbonyl (C=O) groups is 2. The Morgan fingerprint density at radius 1 is 0.710 bits per heavy atom. The van der Waals surface area contributed by atoms with Crippen LogP contribution in [0.15, 0.2) is 78.0 Å². The zero-order chi connectivity index (χ0) is 22.2. The maximum Gasteiger partial charge on any atom is 0.323 e. The van der Waals surface area contributed by atoms with Gasteiger partial charge in [-0.2, -0.15) is 0 Å². The molecular formula is C20H16N6O5. The minimum Gasteiger partial charge on any atom is -0.308 e. The predicted molar refractivity (Wildman–Crippen MR) is 117 cm³/mol. The number of amides is 4. The lowest BCUT2D eigenvalue weighted by Gasteiger charge is -2.11. The molecule has 0 atom stereocenters. The Labute approximate surface area is 175 Å². The maximum absolute atomic E-state index is 12.2. The summed E-state index contributed by atoms with van der Waals surface area (Å²) in [5.41, 5.74) is 1.46. The third kappa shape index (κ3) is 6.09. The summed E-state index contributed by atoms with van der Waals surface area (Å²) in [4.78, 5) is 45.2. The van der Waals surface area contributed by atoms with Crippen LogP contribution in [0.4, 0.5) is 43.7 Å². The van der Waals surface area contributed by atoms with Crippen LogP contribution in [-0.2, 0) is 0 Å². The molecule has 0 spiro atoms. The molecule has 4 amide bonds. The second-order valence-electron chi connectivity index (χ2n) is 6.19. The summed E-state index contributed by atoms with van der Waals surface area (Å²) in [7, 11) is 0. The van der Waals surface area contributed by atoms with Gasteiger partial charge in [0.15, 0.2) is 0 Å². The van der Waals surface area contributed by atoms with Crippen molar-refractivity contribution in [3.8, 4) is 0 Å². The van der Waals surface area contributed by atoms with Crippen molar-refractivity contribution >= 4 is 46.2 Å². The van der Waals surface area contributed by atoms with Crippen molar-refractivity contribution in [1.29, 1.82) is 0 Å². The fraction of sp³-hybridized carbons (Fsp3) is 0. The van der Waals surface area contributed by atoms with E-state index >= 15 is 0 Å². The normalized spacial score (nSPS) is 9.94. The van der Waals surface area contributed by atoms with Gasteiger partial charge in [-0.05, 0) is 47.6 Å². The molecule has 4 N–H and O–H groups in total. The molecule has 0 unspecified atom stereocenters. The Morgan fingerprint density at radius 3 is 1.68 bits per heavy atom. The molecule has 0 heterocycles. The minimum absolute atomic E-state index is 0.149. The highest BCUT2D eigenvalue weighted by Crippen LogP contribution is 2.20. The Bertz CT molecular complexity index is 1150. The van der Waals surface area contributed by atoms with Gasteiger partial charge in [-0.25, -0.2) is 9.59 Å². The number of anilines is 4. The fourth-order valence-corrected chi connectivity index (χ4v) is 2.60. The molecule has 31 heavy (non-hydrogen) atoms. The number of hydrogen-bond acceptors (Lipinski definition) is 6. The van der Waals surface area contributed by atoms with E-state index in [4.69, 9.17) is 0 Å². The zero-order valence-corrected chi connectivity index (χ0v) is 15.9. The lowest BCUT2D eigenvalue weighted by molar-refractivity contribution is -0.384. The average Bonchev–Trinajstić information content (AvgIpc) is 2.74. The first-order valence-corrected chi connectivity index (χ1v) is 8.87. The van der Waals surface area contributed by atoms with E-state index in [2.05, 4.69) is 26.4 Å². The lowest BCUT2D eigenvalue weighted by atomic mass is 10.2. The Morgan fingerprint density at radius 2 is 1.16 bits per heavy atom. The summed E-state index contributed by atoms with van der Waals surface area (Å²) < 4.78 is 0. The van der Waals surface area contributed by atoms with Crippen LogP contribution in [0.5, 0.6) is 0 Å². The number of rotatable bonds is 6. The molecule has 156 valence electrons. The molecule has 0 saturated carbocycles. The van der Waals surface area contributed by atoms with Crippen molar-refractivity contribution in [2.45, 2.75) is 0 Å². The minimum atomic E-state index is -0.611. The van der Waals surface area contributed by atoms with Crippen LogP contribution in [0.25, 0.3) is 0 Å². The third-order valence-corrected chi connectivity index (χ3v) is 3.90. The molecule has 3 aromatic carbocycles. The molecule has 0 aliphatic rings. The average molecular weight is 420 g/mol. The maximum atomic E-state index is 12.2. The highest BCUT2D eigenvalue weighted by molar-refractivity contribution is 6.02. The summed E-state index contributed by atoms with van der Waals surface area (Å²) in [6, 6.07) is 16.8. The van der Waals surface area contributed by atoms with E-state index in [-0.39, 0.29) is 17.1 Å². The second kappa shape index (κ2) is 9.60. The number of urea groups is 2. The number of nitrogens with one attached hydrogen (secondary N) is 4. The second-order valence-corrected chi connectivity index (χ2v) is 6.19.